The molecule has 1 unspecified atom stereocenters. The highest BCUT2D eigenvalue weighted by Crippen LogP contribution is 2.16. The van der Waals surface area contributed by atoms with E-state index in [-0.39, 0.29) is 12.1 Å². The first-order valence-corrected chi connectivity index (χ1v) is 5.82. The minimum atomic E-state index is -0.217. The summed E-state index contributed by atoms with van der Waals surface area (Å²) in [5.41, 5.74) is 0.939. The lowest BCUT2D eigenvalue weighted by atomic mass is 10.2. The second-order valence-electron chi connectivity index (χ2n) is 4.00. The highest BCUT2D eigenvalue weighted by Gasteiger charge is 2.07. The predicted octanol–water partition coefficient (Wildman–Crippen LogP) is 1.53. The minimum Gasteiger partial charge on any atom is -0.496 e. The highest BCUT2D eigenvalue weighted by atomic mass is 16.5. The first kappa shape index (κ1) is 14.3. The van der Waals surface area contributed by atoms with E-state index in [0.717, 1.165) is 11.3 Å². The van der Waals surface area contributed by atoms with Crippen molar-refractivity contribution in [3.05, 3.63) is 29.8 Å². The van der Waals surface area contributed by atoms with Crippen LogP contribution in [0.4, 0.5) is 4.79 Å². The van der Waals surface area contributed by atoms with Crippen LogP contribution in [0.5, 0.6) is 5.75 Å². The average Bonchev–Trinajstić information content (AvgIpc) is 2.37. The van der Waals surface area contributed by atoms with Crippen LogP contribution in [0.1, 0.15) is 12.5 Å². The summed E-state index contributed by atoms with van der Waals surface area (Å²) in [7, 11) is 3.21. The Morgan fingerprint density at radius 3 is 2.72 bits per heavy atom. The Morgan fingerprint density at radius 2 is 2.06 bits per heavy atom. The number of urea groups is 1. The van der Waals surface area contributed by atoms with Crippen molar-refractivity contribution >= 4 is 6.03 Å². The zero-order valence-electron chi connectivity index (χ0n) is 11.0. The van der Waals surface area contributed by atoms with Crippen molar-refractivity contribution < 1.29 is 14.3 Å². The van der Waals surface area contributed by atoms with Crippen LogP contribution in [-0.2, 0) is 11.3 Å². The monoisotopic (exact) mass is 252 g/mol. The second-order valence-corrected chi connectivity index (χ2v) is 4.00. The molecule has 5 heteroatoms. The second kappa shape index (κ2) is 7.55. The maximum atomic E-state index is 11.6. The van der Waals surface area contributed by atoms with Gasteiger partial charge in [0.25, 0.3) is 0 Å². The summed E-state index contributed by atoms with van der Waals surface area (Å²) < 4.78 is 10.1. The van der Waals surface area contributed by atoms with Crippen molar-refractivity contribution in [2.45, 2.75) is 19.5 Å². The van der Waals surface area contributed by atoms with E-state index in [2.05, 4.69) is 10.6 Å². The van der Waals surface area contributed by atoms with Crippen LogP contribution in [0.3, 0.4) is 0 Å². The van der Waals surface area contributed by atoms with E-state index in [9.17, 15) is 4.79 Å². The van der Waals surface area contributed by atoms with Crippen molar-refractivity contribution in [1.29, 1.82) is 0 Å². The summed E-state index contributed by atoms with van der Waals surface area (Å²) in [6.45, 7) is 2.80. The molecule has 0 fully saturated rings. The summed E-state index contributed by atoms with van der Waals surface area (Å²) in [6, 6.07) is 7.34. The van der Waals surface area contributed by atoms with Gasteiger partial charge in [0.15, 0.2) is 0 Å². The molecule has 100 valence electrons. The summed E-state index contributed by atoms with van der Waals surface area (Å²) in [5, 5.41) is 5.55. The molecule has 1 rings (SSSR count). The smallest absolute Gasteiger partial charge is 0.315 e. The Kier molecular flexibility index (Phi) is 6.00. The standard InChI is InChI=1S/C13H20N2O3/c1-10(9-17-2)15-13(16)14-8-11-6-4-5-7-12(11)18-3/h4-7,10H,8-9H2,1-3H3,(H2,14,15,16). The zero-order valence-corrected chi connectivity index (χ0v) is 11.0. The Hall–Kier alpha value is -1.75. The predicted molar refractivity (Wildman–Crippen MR) is 69.7 cm³/mol. The number of ether oxygens (including phenoxy) is 2. The molecule has 0 aromatic heterocycles. The molecule has 0 saturated carbocycles. The van der Waals surface area contributed by atoms with Gasteiger partial charge in [0.1, 0.15) is 5.75 Å². The number of carbonyl (C=O) groups excluding carboxylic acids is 1. The quantitative estimate of drug-likeness (QED) is 0.807. The molecule has 18 heavy (non-hydrogen) atoms. The topological polar surface area (TPSA) is 59.6 Å². The van der Waals surface area contributed by atoms with Gasteiger partial charge in [-0.1, -0.05) is 18.2 Å². The molecule has 1 atom stereocenters. The van der Waals surface area contributed by atoms with Gasteiger partial charge in [-0.2, -0.15) is 0 Å². The minimum absolute atomic E-state index is 0.0207. The van der Waals surface area contributed by atoms with Crippen LogP contribution in [0, 0.1) is 0 Å². The Bertz CT molecular complexity index is 382. The van der Waals surface area contributed by atoms with Crippen LogP contribution in [0.25, 0.3) is 0 Å². The molecule has 1 aromatic rings. The van der Waals surface area contributed by atoms with Crippen LogP contribution in [0.2, 0.25) is 0 Å². The Labute approximate surface area is 107 Å². The molecule has 0 aliphatic carbocycles. The molecule has 0 bridgehead atoms. The van der Waals surface area contributed by atoms with Crippen molar-refractivity contribution in [3.8, 4) is 5.75 Å². The molecule has 0 radical (unpaired) electrons. The van der Waals surface area contributed by atoms with E-state index in [1.54, 1.807) is 14.2 Å². The fourth-order valence-electron chi connectivity index (χ4n) is 1.59. The molecular formula is C13H20N2O3. The highest BCUT2D eigenvalue weighted by molar-refractivity contribution is 5.74. The lowest BCUT2D eigenvalue weighted by Gasteiger charge is -2.14. The fraction of sp³-hybridized carbons (Fsp3) is 0.462. The average molecular weight is 252 g/mol. The maximum absolute atomic E-state index is 11.6. The summed E-state index contributed by atoms with van der Waals surface area (Å²) in [4.78, 5) is 11.6. The van der Waals surface area contributed by atoms with Crippen LogP contribution in [-0.4, -0.2) is 32.9 Å². The first-order chi connectivity index (χ1) is 8.67. The normalized spacial score (nSPS) is 11.7. The number of methoxy groups -OCH3 is 2. The van der Waals surface area contributed by atoms with Crippen molar-refractivity contribution in [3.63, 3.8) is 0 Å². The maximum Gasteiger partial charge on any atom is 0.315 e. The number of hydrogen-bond donors (Lipinski definition) is 2. The number of para-hydroxylation sites is 1. The molecule has 0 aliphatic rings. The van der Waals surface area contributed by atoms with E-state index in [0.29, 0.717) is 13.2 Å². The molecule has 5 nitrogen and oxygen atoms in total. The molecule has 0 aliphatic heterocycles. The van der Waals surface area contributed by atoms with Gasteiger partial charge < -0.3 is 20.1 Å². The van der Waals surface area contributed by atoms with Gasteiger partial charge in [-0.3, -0.25) is 0 Å². The van der Waals surface area contributed by atoms with Gasteiger partial charge in [-0.15, -0.1) is 0 Å². The van der Waals surface area contributed by atoms with E-state index in [1.807, 2.05) is 31.2 Å². The van der Waals surface area contributed by atoms with Crippen LogP contribution >= 0.6 is 0 Å². The van der Waals surface area contributed by atoms with E-state index in [4.69, 9.17) is 9.47 Å². The number of nitrogens with one attached hydrogen (secondary N) is 2. The lowest BCUT2D eigenvalue weighted by Crippen LogP contribution is -2.42. The molecular weight excluding hydrogens is 232 g/mol. The number of benzene rings is 1. The zero-order chi connectivity index (χ0) is 13.4. The number of hydrogen-bond acceptors (Lipinski definition) is 3. The van der Waals surface area contributed by atoms with Gasteiger partial charge in [-0.25, -0.2) is 4.79 Å². The molecule has 0 saturated heterocycles. The van der Waals surface area contributed by atoms with Gasteiger partial charge in [0.05, 0.1) is 19.8 Å². The molecule has 2 amide bonds. The lowest BCUT2D eigenvalue weighted by molar-refractivity contribution is 0.171. The first-order valence-electron chi connectivity index (χ1n) is 5.82. The number of rotatable bonds is 6. The third-order valence-electron chi connectivity index (χ3n) is 2.43. The van der Waals surface area contributed by atoms with Crippen LogP contribution in [0.15, 0.2) is 24.3 Å². The van der Waals surface area contributed by atoms with Gasteiger partial charge in [-0.05, 0) is 13.0 Å². The third kappa shape index (κ3) is 4.63. The van der Waals surface area contributed by atoms with Gasteiger partial charge >= 0.3 is 6.03 Å². The summed E-state index contributed by atoms with van der Waals surface area (Å²) >= 11 is 0. The molecule has 0 spiro atoms. The van der Waals surface area contributed by atoms with Crippen molar-refractivity contribution in [2.75, 3.05) is 20.8 Å². The summed E-state index contributed by atoms with van der Waals surface area (Å²) in [5.74, 6) is 0.766. The van der Waals surface area contributed by atoms with Crippen LogP contribution < -0.4 is 15.4 Å². The van der Waals surface area contributed by atoms with E-state index >= 15 is 0 Å². The molecule has 1 aromatic carbocycles. The van der Waals surface area contributed by atoms with Gasteiger partial charge in [0.2, 0.25) is 0 Å². The molecule has 2 N–H and O–H groups in total. The molecule has 0 heterocycles. The van der Waals surface area contributed by atoms with Crippen molar-refractivity contribution in [2.24, 2.45) is 0 Å². The summed E-state index contributed by atoms with van der Waals surface area (Å²) in [6.07, 6.45) is 0. The largest absolute Gasteiger partial charge is 0.496 e. The SMILES string of the molecule is COCC(C)NC(=O)NCc1ccccc1OC. The van der Waals surface area contributed by atoms with Gasteiger partial charge in [0, 0.05) is 19.2 Å². The van der Waals surface area contributed by atoms with E-state index < -0.39 is 0 Å². The van der Waals surface area contributed by atoms with Crippen molar-refractivity contribution in [1.82, 2.24) is 10.6 Å². The van der Waals surface area contributed by atoms with E-state index in [1.165, 1.54) is 0 Å². The Balaban J connectivity index is 2.42. The fourth-order valence-corrected chi connectivity index (χ4v) is 1.59. The Morgan fingerprint density at radius 1 is 1.33 bits per heavy atom. The third-order valence-corrected chi connectivity index (χ3v) is 2.43. The number of carbonyl (C=O) groups is 1. The number of amides is 2.